The lowest BCUT2D eigenvalue weighted by atomic mass is 10.1. The van der Waals surface area contributed by atoms with Crippen LogP contribution in [0.4, 0.5) is 0 Å². The Kier molecular flexibility index (Phi) is 6.70. The molecule has 0 saturated heterocycles. The van der Waals surface area contributed by atoms with Crippen molar-refractivity contribution in [2.24, 2.45) is 0 Å². The van der Waals surface area contributed by atoms with Crippen molar-refractivity contribution < 1.29 is 14.0 Å². The molecule has 27 heavy (non-hydrogen) atoms. The van der Waals surface area contributed by atoms with E-state index in [0.717, 1.165) is 17.5 Å². The molecule has 0 aliphatic carbocycles. The second-order valence-electron chi connectivity index (χ2n) is 5.88. The molecule has 7 nitrogen and oxygen atoms in total. The van der Waals surface area contributed by atoms with Crippen LogP contribution in [-0.2, 0) is 22.4 Å². The molecule has 2 N–H and O–H groups in total. The van der Waals surface area contributed by atoms with Crippen molar-refractivity contribution in [3.8, 4) is 11.5 Å². The van der Waals surface area contributed by atoms with Gasteiger partial charge in [-0.3, -0.25) is 9.59 Å². The van der Waals surface area contributed by atoms with E-state index in [9.17, 15) is 9.59 Å². The van der Waals surface area contributed by atoms with Crippen LogP contribution in [-0.4, -0.2) is 35.1 Å². The fourth-order valence-corrected chi connectivity index (χ4v) is 3.03. The van der Waals surface area contributed by atoms with Crippen LogP contribution >= 0.6 is 11.3 Å². The van der Waals surface area contributed by atoms with E-state index in [-0.39, 0.29) is 24.8 Å². The van der Waals surface area contributed by atoms with E-state index >= 15 is 0 Å². The molecule has 140 valence electrons. The molecule has 0 saturated carbocycles. The minimum Gasteiger partial charge on any atom is -0.421 e. The number of hydrogen-bond acceptors (Lipinski definition) is 6. The number of benzene rings is 1. The smallest absolute Gasteiger partial charge is 0.248 e. The highest BCUT2D eigenvalue weighted by atomic mass is 32.1. The van der Waals surface area contributed by atoms with Crippen LogP contribution in [0.5, 0.6) is 0 Å². The average molecular weight is 384 g/mol. The summed E-state index contributed by atoms with van der Waals surface area (Å²) in [5, 5.41) is 17.1. The van der Waals surface area contributed by atoms with Crippen molar-refractivity contribution in [3.63, 3.8) is 0 Å². The standard InChI is InChI=1S/C19H20N4O3S/c24-16(6-7-18-22-23-19(26-18)15-9-11-27-13-15)21-12-17(25)20-10-8-14-4-2-1-3-5-14/h1-5,9,11,13H,6-8,10,12H2,(H,20,25)(H,21,24). The average Bonchev–Trinajstić information content (AvgIpc) is 3.37. The number of aromatic nitrogens is 2. The van der Waals surface area contributed by atoms with Crippen molar-refractivity contribution >= 4 is 23.2 Å². The number of amides is 2. The van der Waals surface area contributed by atoms with Crippen LogP contribution in [0.1, 0.15) is 17.9 Å². The molecule has 3 rings (SSSR count). The zero-order chi connectivity index (χ0) is 18.9. The lowest BCUT2D eigenvalue weighted by molar-refractivity contribution is -0.126. The molecule has 0 atom stereocenters. The first kappa shape index (κ1) is 18.8. The Balaban J connectivity index is 1.32. The largest absolute Gasteiger partial charge is 0.421 e. The number of carbonyl (C=O) groups is 2. The van der Waals surface area contributed by atoms with Crippen LogP contribution < -0.4 is 10.6 Å². The SMILES string of the molecule is O=C(CCc1nnc(-c2ccsc2)o1)NCC(=O)NCCc1ccccc1. The lowest BCUT2D eigenvalue weighted by Gasteiger charge is -2.06. The Morgan fingerprint density at radius 2 is 1.85 bits per heavy atom. The number of carbonyl (C=O) groups excluding carboxylic acids is 2. The fraction of sp³-hybridized carbons (Fsp3) is 0.263. The summed E-state index contributed by atoms with van der Waals surface area (Å²) in [5.74, 6) is 0.406. The number of hydrogen-bond donors (Lipinski definition) is 2. The van der Waals surface area contributed by atoms with Gasteiger partial charge in [0.1, 0.15) is 0 Å². The lowest BCUT2D eigenvalue weighted by Crippen LogP contribution is -2.37. The summed E-state index contributed by atoms with van der Waals surface area (Å²) in [6, 6.07) is 11.8. The molecule has 0 unspecified atom stereocenters. The van der Waals surface area contributed by atoms with E-state index < -0.39 is 0 Å². The highest BCUT2D eigenvalue weighted by Crippen LogP contribution is 2.20. The highest BCUT2D eigenvalue weighted by Gasteiger charge is 2.11. The topological polar surface area (TPSA) is 97.1 Å². The maximum absolute atomic E-state index is 11.9. The van der Waals surface area contributed by atoms with Gasteiger partial charge in [0.2, 0.25) is 23.6 Å². The molecule has 2 amide bonds. The van der Waals surface area contributed by atoms with E-state index in [0.29, 0.717) is 24.7 Å². The van der Waals surface area contributed by atoms with Crippen molar-refractivity contribution in [2.45, 2.75) is 19.3 Å². The summed E-state index contributed by atoms with van der Waals surface area (Å²) >= 11 is 1.55. The van der Waals surface area contributed by atoms with Gasteiger partial charge in [-0.25, -0.2) is 0 Å². The molecule has 8 heteroatoms. The van der Waals surface area contributed by atoms with Crippen molar-refractivity contribution in [1.29, 1.82) is 0 Å². The Hall–Kier alpha value is -3.00. The molecule has 0 bridgehead atoms. The van der Waals surface area contributed by atoms with Crippen molar-refractivity contribution in [3.05, 3.63) is 58.6 Å². The van der Waals surface area contributed by atoms with Gasteiger partial charge in [0.25, 0.3) is 0 Å². The monoisotopic (exact) mass is 384 g/mol. The quantitative estimate of drug-likeness (QED) is 0.589. The number of nitrogens with zero attached hydrogens (tertiary/aromatic N) is 2. The molecule has 2 heterocycles. The van der Waals surface area contributed by atoms with E-state index in [1.54, 1.807) is 11.3 Å². The predicted molar refractivity (Wildman–Crippen MR) is 102 cm³/mol. The second-order valence-corrected chi connectivity index (χ2v) is 6.66. The summed E-state index contributed by atoms with van der Waals surface area (Å²) in [4.78, 5) is 23.7. The molecule has 0 aliphatic heterocycles. The summed E-state index contributed by atoms with van der Waals surface area (Å²) in [7, 11) is 0. The second kappa shape index (κ2) is 9.63. The fourth-order valence-electron chi connectivity index (χ4n) is 2.40. The summed E-state index contributed by atoms with van der Waals surface area (Å²) in [5.41, 5.74) is 2.03. The molecular formula is C19H20N4O3S. The van der Waals surface area contributed by atoms with Gasteiger partial charge in [0.05, 0.1) is 6.54 Å². The van der Waals surface area contributed by atoms with Gasteiger partial charge in [-0.2, -0.15) is 11.3 Å². The first-order valence-corrected chi connectivity index (χ1v) is 9.57. The van der Waals surface area contributed by atoms with Crippen LogP contribution in [0.25, 0.3) is 11.5 Å². The van der Waals surface area contributed by atoms with Crippen molar-refractivity contribution in [2.75, 3.05) is 13.1 Å². The third-order valence-corrected chi connectivity index (χ3v) is 4.51. The van der Waals surface area contributed by atoms with Gasteiger partial charge < -0.3 is 15.1 Å². The van der Waals surface area contributed by atoms with Crippen LogP contribution in [0, 0.1) is 0 Å². The Labute approximate surface area is 160 Å². The molecule has 0 radical (unpaired) electrons. The van der Waals surface area contributed by atoms with Crippen molar-refractivity contribution in [1.82, 2.24) is 20.8 Å². The van der Waals surface area contributed by atoms with Crippen LogP contribution in [0.2, 0.25) is 0 Å². The van der Waals surface area contributed by atoms with Gasteiger partial charge in [-0.05, 0) is 23.4 Å². The normalized spacial score (nSPS) is 10.5. The maximum atomic E-state index is 11.9. The molecular weight excluding hydrogens is 364 g/mol. The van der Waals surface area contributed by atoms with E-state index in [2.05, 4.69) is 20.8 Å². The van der Waals surface area contributed by atoms with E-state index in [4.69, 9.17) is 4.42 Å². The zero-order valence-electron chi connectivity index (χ0n) is 14.7. The third-order valence-electron chi connectivity index (χ3n) is 3.83. The van der Waals surface area contributed by atoms with Gasteiger partial charge >= 0.3 is 0 Å². The maximum Gasteiger partial charge on any atom is 0.248 e. The number of rotatable bonds is 9. The summed E-state index contributed by atoms with van der Waals surface area (Å²) in [6.07, 6.45) is 1.27. The molecule has 1 aromatic carbocycles. The Morgan fingerprint density at radius 3 is 2.63 bits per heavy atom. The Bertz CT molecular complexity index is 862. The van der Waals surface area contributed by atoms with Crippen LogP contribution in [0.3, 0.4) is 0 Å². The molecule has 3 aromatic rings. The minimum atomic E-state index is -0.233. The highest BCUT2D eigenvalue weighted by molar-refractivity contribution is 7.08. The molecule has 0 spiro atoms. The number of aryl methyl sites for hydroxylation is 1. The summed E-state index contributed by atoms with van der Waals surface area (Å²) in [6.45, 7) is 0.490. The first-order chi connectivity index (χ1) is 13.2. The van der Waals surface area contributed by atoms with E-state index in [1.807, 2.05) is 47.2 Å². The zero-order valence-corrected chi connectivity index (χ0v) is 15.5. The first-order valence-electron chi connectivity index (χ1n) is 8.63. The van der Waals surface area contributed by atoms with E-state index in [1.165, 1.54) is 0 Å². The van der Waals surface area contributed by atoms with Gasteiger partial charge in [0, 0.05) is 30.3 Å². The van der Waals surface area contributed by atoms with Crippen LogP contribution in [0.15, 0.2) is 51.6 Å². The number of nitrogens with one attached hydrogen (secondary N) is 2. The molecule has 2 aromatic heterocycles. The molecule has 0 aliphatic rings. The predicted octanol–water partition coefficient (Wildman–Crippen LogP) is 2.21. The Morgan fingerprint density at radius 1 is 1.00 bits per heavy atom. The van der Waals surface area contributed by atoms with Gasteiger partial charge in [-0.15, -0.1) is 10.2 Å². The molecule has 0 fully saturated rings. The van der Waals surface area contributed by atoms with Gasteiger partial charge in [-0.1, -0.05) is 30.3 Å². The van der Waals surface area contributed by atoms with Gasteiger partial charge in [0.15, 0.2) is 0 Å². The third kappa shape index (κ3) is 6.03. The number of thiophene rings is 1. The summed E-state index contributed by atoms with van der Waals surface area (Å²) < 4.78 is 5.52. The minimum absolute atomic E-state index is 0.0440.